The lowest BCUT2D eigenvalue weighted by molar-refractivity contribution is 0.437. The van der Waals surface area contributed by atoms with Gasteiger partial charge < -0.3 is 19.5 Å². The Morgan fingerprint density at radius 2 is 1.80 bits per heavy atom. The van der Waals surface area contributed by atoms with Gasteiger partial charge in [0, 0.05) is 60.5 Å². The van der Waals surface area contributed by atoms with Crippen molar-refractivity contribution in [1.82, 2.24) is 29.8 Å². The van der Waals surface area contributed by atoms with Crippen LogP contribution in [0.25, 0.3) is 44.0 Å². The zero-order chi connectivity index (χ0) is 27.7. The average Bonchev–Trinajstić information content (AvgIpc) is 3.53. The van der Waals surface area contributed by atoms with Crippen LogP contribution in [0.5, 0.6) is 11.8 Å². The van der Waals surface area contributed by atoms with Crippen LogP contribution in [0.1, 0.15) is 12.8 Å². The highest BCUT2D eigenvalue weighted by Gasteiger charge is 2.34. The summed E-state index contributed by atoms with van der Waals surface area (Å²) in [5.74, 6) is 0.629. The molecule has 0 spiro atoms. The van der Waals surface area contributed by atoms with Crippen molar-refractivity contribution >= 4 is 50.1 Å². The highest BCUT2D eigenvalue weighted by molar-refractivity contribution is 6.36. The summed E-state index contributed by atoms with van der Waals surface area (Å²) in [6.45, 7) is 1.54. The van der Waals surface area contributed by atoms with Crippen molar-refractivity contribution in [2.75, 3.05) is 18.0 Å². The number of halogens is 2. The number of aromatic nitrogens is 5. The molecule has 2 atom stereocenters. The number of nitrogens with one attached hydrogen (secondary N) is 1. The van der Waals surface area contributed by atoms with Gasteiger partial charge in [-0.3, -0.25) is 4.98 Å². The molecule has 0 unspecified atom stereocenters. The summed E-state index contributed by atoms with van der Waals surface area (Å²) in [7, 11) is 1.92. The minimum Gasteiger partial charge on any atom is -0.424 e. The highest BCUT2D eigenvalue weighted by atomic mass is 35.5. The number of aryl methyl sites for hydroxylation is 1. The van der Waals surface area contributed by atoms with E-state index in [2.05, 4.69) is 25.2 Å². The molecular weight excluding hydrogens is 541 g/mol. The molecular formula is C31H25ClFN7O. The van der Waals surface area contributed by atoms with Gasteiger partial charge in [0.15, 0.2) is 5.82 Å². The molecule has 2 fully saturated rings. The van der Waals surface area contributed by atoms with E-state index >= 15 is 4.39 Å². The zero-order valence-electron chi connectivity index (χ0n) is 22.2. The summed E-state index contributed by atoms with van der Waals surface area (Å²) in [5, 5.41) is 6.39. The molecule has 3 aromatic heterocycles. The molecule has 8 rings (SSSR count). The van der Waals surface area contributed by atoms with Crippen LogP contribution in [0.4, 0.5) is 10.2 Å². The fraction of sp³-hybridized carbons (Fsp3) is 0.226. The largest absolute Gasteiger partial charge is 0.424 e. The Hall–Kier alpha value is -4.34. The van der Waals surface area contributed by atoms with Gasteiger partial charge in [0.25, 0.3) is 0 Å². The topological polar surface area (TPSA) is 81.0 Å². The second-order valence-corrected chi connectivity index (χ2v) is 11.2. The Bertz CT molecular complexity index is 1980. The minimum absolute atomic E-state index is 0.0758. The molecule has 2 bridgehead atoms. The lowest BCUT2D eigenvalue weighted by Gasteiger charge is -2.34. The predicted molar refractivity (Wildman–Crippen MR) is 158 cm³/mol. The Labute approximate surface area is 239 Å². The van der Waals surface area contributed by atoms with E-state index in [0.717, 1.165) is 47.7 Å². The number of ether oxygens (including phenoxy) is 1. The first-order valence-corrected chi connectivity index (χ1v) is 14.0. The molecule has 8 nitrogen and oxygen atoms in total. The first-order chi connectivity index (χ1) is 20.0. The van der Waals surface area contributed by atoms with Crippen LogP contribution in [0.2, 0.25) is 5.02 Å². The lowest BCUT2D eigenvalue weighted by atomic mass is 10.0. The number of hydrogen-bond donors (Lipinski definition) is 1. The molecule has 6 aromatic rings. The van der Waals surface area contributed by atoms with Crippen molar-refractivity contribution in [3.63, 3.8) is 0 Å². The van der Waals surface area contributed by atoms with Gasteiger partial charge in [-0.1, -0.05) is 41.9 Å². The first kappa shape index (κ1) is 24.5. The van der Waals surface area contributed by atoms with Gasteiger partial charge in [0.1, 0.15) is 22.8 Å². The Kier molecular flexibility index (Phi) is 5.58. The Balaban J connectivity index is 1.31. The number of rotatable bonds is 4. The molecule has 2 aliphatic rings. The van der Waals surface area contributed by atoms with Crippen LogP contribution in [0.3, 0.4) is 0 Å². The summed E-state index contributed by atoms with van der Waals surface area (Å²) in [5.41, 5.74) is 2.71. The smallest absolute Gasteiger partial charge is 0.324 e. The number of imidazole rings is 1. The van der Waals surface area contributed by atoms with Crippen LogP contribution < -0.4 is 15.0 Å². The third-order valence-electron chi connectivity index (χ3n) is 8.17. The summed E-state index contributed by atoms with van der Waals surface area (Å²) >= 11 is 6.59. The molecule has 2 aliphatic heterocycles. The minimum atomic E-state index is -0.538. The van der Waals surface area contributed by atoms with Crippen molar-refractivity contribution < 1.29 is 9.13 Å². The van der Waals surface area contributed by atoms with Crippen molar-refractivity contribution in [3.8, 4) is 23.0 Å². The average molecular weight is 566 g/mol. The number of benzene rings is 3. The molecule has 204 valence electrons. The fourth-order valence-corrected chi connectivity index (χ4v) is 6.52. The number of nitrogens with zero attached hydrogens (tertiary/aromatic N) is 6. The van der Waals surface area contributed by atoms with Crippen molar-refractivity contribution in [3.05, 3.63) is 78.0 Å². The van der Waals surface area contributed by atoms with E-state index < -0.39 is 5.82 Å². The van der Waals surface area contributed by atoms with Gasteiger partial charge in [-0.25, -0.2) is 9.37 Å². The molecule has 0 saturated carbocycles. The van der Waals surface area contributed by atoms with E-state index in [1.807, 2.05) is 60.1 Å². The standard InChI is InChI=1S/C31H25ClFN7O/c1-39-16-35-24-11-10-20(12-25(24)39)41-31-37-29-22(30(38-31)40-14-18-8-9-19(15-40)36-18)13-34-28(27(29)33)21-6-2-4-17-5-3-7-23(32)26(17)21/h2-7,10-13,16,18-19,36H,8-9,14-15H2,1H3/t18-,19+. The number of fused-ring (bicyclic) bond motifs is 5. The maximum atomic E-state index is 16.6. The molecule has 0 radical (unpaired) electrons. The summed E-state index contributed by atoms with van der Waals surface area (Å²) in [4.78, 5) is 20.6. The molecule has 5 heterocycles. The highest BCUT2D eigenvalue weighted by Crippen LogP contribution is 2.38. The third kappa shape index (κ3) is 4.07. The Morgan fingerprint density at radius 1 is 1.00 bits per heavy atom. The summed E-state index contributed by atoms with van der Waals surface area (Å²) in [6, 6.07) is 17.7. The first-order valence-electron chi connectivity index (χ1n) is 13.7. The van der Waals surface area contributed by atoms with E-state index in [1.54, 1.807) is 18.6 Å². The molecule has 0 amide bonds. The zero-order valence-corrected chi connectivity index (χ0v) is 22.9. The second-order valence-electron chi connectivity index (χ2n) is 10.8. The van der Waals surface area contributed by atoms with Crippen LogP contribution in [0.15, 0.2) is 67.1 Å². The number of hydrogen-bond acceptors (Lipinski definition) is 7. The summed E-state index contributed by atoms with van der Waals surface area (Å²) < 4.78 is 24.7. The number of pyridine rings is 1. The molecule has 1 N–H and O–H groups in total. The monoisotopic (exact) mass is 565 g/mol. The maximum absolute atomic E-state index is 16.6. The van der Waals surface area contributed by atoms with E-state index in [4.69, 9.17) is 21.3 Å². The third-order valence-corrected chi connectivity index (χ3v) is 8.49. The van der Waals surface area contributed by atoms with Gasteiger partial charge in [0.2, 0.25) is 0 Å². The molecule has 3 aromatic carbocycles. The normalized spacial score (nSPS) is 18.6. The summed E-state index contributed by atoms with van der Waals surface area (Å²) in [6.07, 6.45) is 5.64. The van der Waals surface area contributed by atoms with Gasteiger partial charge >= 0.3 is 6.01 Å². The van der Waals surface area contributed by atoms with Crippen LogP contribution in [-0.2, 0) is 7.05 Å². The Morgan fingerprint density at radius 3 is 2.63 bits per heavy atom. The van der Waals surface area contributed by atoms with E-state index in [0.29, 0.717) is 39.6 Å². The van der Waals surface area contributed by atoms with E-state index in [-0.39, 0.29) is 17.2 Å². The van der Waals surface area contributed by atoms with Gasteiger partial charge in [-0.2, -0.15) is 9.97 Å². The van der Waals surface area contributed by atoms with Crippen LogP contribution >= 0.6 is 11.6 Å². The van der Waals surface area contributed by atoms with Gasteiger partial charge in [0.05, 0.1) is 22.7 Å². The van der Waals surface area contributed by atoms with E-state index in [1.165, 1.54) is 0 Å². The molecule has 0 aliphatic carbocycles. The van der Waals surface area contributed by atoms with Crippen LogP contribution in [-0.4, -0.2) is 49.7 Å². The van der Waals surface area contributed by atoms with Crippen molar-refractivity contribution in [2.24, 2.45) is 7.05 Å². The van der Waals surface area contributed by atoms with Crippen molar-refractivity contribution in [2.45, 2.75) is 24.9 Å². The fourth-order valence-electron chi connectivity index (χ4n) is 6.23. The second kappa shape index (κ2) is 9.36. The quantitative estimate of drug-likeness (QED) is 0.270. The van der Waals surface area contributed by atoms with Crippen LogP contribution in [0, 0.1) is 5.82 Å². The number of anilines is 1. The SMILES string of the molecule is Cn1cnc2ccc(Oc3nc(N4C[C@H]5CC[C@@H](C4)N5)c4cnc(-c5cccc6cccc(Cl)c56)c(F)c4n3)cc21. The molecule has 41 heavy (non-hydrogen) atoms. The van der Waals surface area contributed by atoms with Crippen molar-refractivity contribution in [1.29, 1.82) is 0 Å². The molecule has 10 heteroatoms. The number of piperazine rings is 1. The maximum Gasteiger partial charge on any atom is 0.324 e. The lowest BCUT2D eigenvalue weighted by Crippen LogP contribution is -2.51. The van der Waals surface area contributed by atoms with Gasteiger partial charge in [-0.05, 0) is 36.4 Å². The van der Waals surface area contributed by atoms with E-state index in [9.17, 15) is 0 Å². The predicted octanol–water partition coefficient (Wildman–Crippen LogP) is 6.26. The molecule has 2 saturated heterocycles. The van der Waals surface area contributed by atoms with Gasteiger partial charge in [-0.15, -0.1) is 0 Å².